The van der Waals surface area contributed by atoms with Crippen LogP contribution in [0.15, 0.2) is 36.4 Å². The van der Waals surface area contributed by atoms with Gasteiger partial charge in [0.25, 0.3) is 0 Å². The summed E-state index contributed by atoms with van der Waals surface area (Å²) in [5.41, 5.74) is 0.490. The van der Waals surface area contributed by atoms with Crippen molar-refractivity contribution in [2.75, 3.05) is 0 Å². The van der Waals surface area contributed by atoms with Crippen molar-refractivity contribution in [2.24, 2.45) is 0 Å². The Kier molecular flexibility index (Phi) is 6.10. The maximum Gasteiger partial charge on any atom is 0.387 e. The summed E-state index contributed by atoms with van der Waals surface area (Å²) >= 11 is 0. The molecule has 4 nitrogen and oxygen atoms in total. The molecule has 126 valence electrons. The average molecular weight is 333 g/mol. The lowest BCUT2D eigenvalue weighted by Gasteiger charge is -2.17. The minimum atomic E-state index is -2.95. The maximum atomic E-state index is 12.6. The van der Waals surface area contributed by atoms with Crippen LogP contribution < -0.4 is 10.1 Å². The molecule has 2 aromatic rings. The number of rotatable bonds is 7. The Balaban J connectivity index is 2.33. The van der Waals surface area contributed by atoms with Crippen molar-refractivity contribution in [1.29, 1.82) is 0 Å². The van der Waals surface area contributed by atoms with Gasteiger partial charge in [0.15, 0.2) is 0 Å². The lowest BCUT2D eigenvalue weighted by atomic mass is 10.0. The van der Waals surface area contributed by atoms with Gasteiger partial charge in [-0.25, -0.2) is 0 Å². The molecule has 0 heterocycles. The summed E-state index contributed by atoms with van der Waals surface area (Å²) in [5, 5.41) is 13.7. The molecular weight excluding hydrogens is 316 g/mol. The minimum absolute atomic E-state index is 0.0296. The van der Waals surface area contributed by atoms with E-state index in [1.54, 1.807) is 25.1 Å². The fourth-order valence-corrected chi connectivity index (χ4v) is 2.38. The first-order valence-electron chi connectivity index (χ1n) is 7.34. The Morgan fingerprint density at radius 3 is 2.71 bits per heavy atom. The summed E-state index contributed by atoms with van der Waals surface area (Å²) in [6, 6.07) is 9.52. The molecule has 24 heavy (non-hydrogen) atoms. The maximum absolute atomic E-state index is 12.6. The van der Waals surface area contributed by atoms with Gasteiger partial charge in [-0.15, -0.1) is 11.8 Å². The molecule has 0 aromatic heterocycles. The van der Waals surface area contributed by atoms with Gasteiger partial charge in [-0.1, -0.05) is 30.3 Å². The van der Waals surface area contributed by atoms with Crippen LogP contribution in [0.2, 0.25) is 0 Å². The number of carboxylic acids is 1. The van der Waals surface area contributed by atoms with Gasteiger partial charge in [0.2, 0.25) is 0 Å². The lowest BCUT2D eigenvalue weighted by molar-refractivity contribution is -0.139. The predicted molar refractivity (Wildman–Crippen MR) is 86.9 cm³/mol. The molecular formula is C18H17F2NO3. The molecule has 0 saturated heterocycles. The molecule has 1 unspecified atom stereocenters. The highest BCUT2D eigenvalue weighted by Crippen LogP contribution is 2.29. The number of hydrogen-bond donors (Lipinski definition) is 2. The molecule has 0 aliphatic carbocycles. The highest BCUT2D eigenvalue weighted by atomic mass is 19.3. The van der Waals surface area contributed by atoms with Crippen LogP contribution in [0.4, 0.5) is 8.78 Å². The highest BCUT2D eigenvalue weighted by molar-refractivity contribution is 5.87. The number of nitrogens with one attached hydrogen (secondary N) is 1. The first-order chi connectivity index (χ1) is 11.5. The monoisotopic (exact) mass is 333 g/mol. The first-order valence-corrected chi connectivity index (χ1v) is 7.34. The third-order valence-electron chi connectivity index (χ3n) is 3.52. The minimum Gasteiger partial charge on any atom is -0.480 e. The van der Waals surface area contributed by atoms with Gasteiger partial charge >= 0.3 is 12.6 Å². The van der Waals surface area contributed by atoms with Crippen LogP contribution in [-0.2, 0) is 11.3 Å². The summed E-state index contributed by atoms with van der Waals surface area (Å²) in [6.07, 6.45) is 0.127. The number of aliphatic carboxylic acids is 1. The molecule has 0 radical (unpaired) electrons. The molecule has 0 aliphatic rings. The van der Waals surface area contributed by atoms with Crippen molar-refractivity contribution in [2.45, 2.75) is 32.5 Å². The van der Waals surface area contributed by atoms with Gasteiger partial charge in [-0.05, 0) is 23.8 Å². The molecule has 6 heteroatoms. The lowest BCUT2D eigenvalue weighted by Crippen LogP contribution is -2.36. The topological polar surface area (TPSA) is 58.6 Å². The normalized spacial score (nSPS) is 11.8. The van der Waals surface area contributed by atoms with Gasteiger partial charge in [-0.2, -0.15) is 8.78 Å². The van der Waals surface area contributed by atoms with E-state index in [2.05, 4.69) is 21.9 Å². The molecule has 2 rings (SSSR count). The standard InChI is InChI=1S/C18H17F2NO3/c1-2-3-8-15(17(22)23)21-11-14-13-7-5-4-6-12(13)9-10-16(14)24-18(19)20/h4-7,9-10,15,18,21H,8,11H2,1H3,(H,22,23). The smallest absolute Gasteiger partial charge is 0.387 e. The number of fused-ring (bicyclic) bond motifs is 1. The van der Waals surface area contributed by atoms with Crippen molar-refractivity contribution in [3.8, 4) is 17.6 Å². The SMILES string of the molecule is CC#CCC(NCc1c(OC(F)F)ccc2ccccc12)C(=O)O. The number of ether oxygens (including phenoxy) is 1. The number of carbonyl (C=O) groups is 1. The van der Waals surface area contributed by atoms with E-state index in [-0.39, 0.29) is 18.7 Å². The van der Waals surface area contributed by atoms with Crippen LogP contribution in [0.1, 0.15) is 18.9 Å². The summed E-state index contributed by atoms with van der Waals surface area (Å²) in [7, 11) is 0. The third-order valence-corrected chi connectivity index (χ3v) is 3.52. The van der Waals surface area contributed by atoms with Crippen LogP contribution in [0.25, 0.3) is 10.8 Å². The number of halogens is 2. The van der Waals surface area contributed by atoms with Gasteiger partial charge in [0.05, 0.1) is 0 Å². The zero-order chi connectivity index (χ0) is 17.5. The van der Waals surface area contributed by atoms with Crippen molar-refractivity contribution in [3.05, 3.63) is 42.0 Å². The van der Waals surface area contributed by atoms with Crippen molar-refractivity contribution in [3.63, 3.8) is 0 Å². The van der Waals surface area contributed by atoms with Crippen LogP contribution in [-0.4, -0.2) is 23.7 Å². The second-order valence-electron chi connectivity index (χ2n) is 5.04. The van der Waals surface area contributed by atoms with Gasteiger partial charge < -0.3 is 9.84 Å². The van der Waals surface area contributed by atoms with Crippen LogP contribution >= 0.6 is 0 Å². The molecule has 1 atom stereocenters. The van der Waals surface area contributed by atoms with Gasteiger partial charge in [-0.3, -0.25) is 10.1 Å². The number of carboxylic acid groups (broad SMARTS) is 1. The molecule has 2 N–H and O–H groups in total. The molecule has 0 fully saturated rings. The van der Waals surface area contributed by atoms with Gasteiger partial charge in [0.1, 0.15) is 11.8 Å². The Labute approximate surface area is 138 Å². The largest absolute Gasteiger partial charge is 0.480 e. The molecule has 0 spiro atoms. The molecule has 0 aliphatic heterocycles. The Bertz CT molecular complexity index is 781. The Morgan fingerprint density at radius 2 is 2.04 bits per heavy atom. The van der Waals surface area contributed by atoms with E-state index in [4.69, 9.17) is 0 Å². The molecule has 2 aromatic carbocycles. The van der Waals surface area contributed by atoms with Crippen LogP contribution in [0, 0.1) is 11.8 Å². The summed E-state index contributed by atoms with van der Waals surface area (Å²) in [6.45, 7) is -1.25. The highest BCUT2D eigenvalue weighted by Gasteiger charge is 2.18. The quantitative estimate of drug-likeness (QED) is 0.763. The molecule has 0 bridgehead atoms. The predicted octanol–water partition coefficient (Wildman–Crippen LogP) is 3.40. The fourth-order valence-electron chi connectivity index (χ4n) is 2.38. The fraction of sp³-hybridized carbons (Fsp3) is 0.278. The summed E-state index contributed by atoms with van der Waals surface area (Å²) < 4.78 is 29.9. The van der Waals surface area contributed by atoms with Crippen LogP contribution in [0.3, 0.4) is 0 Å². The number of alkyl halides is 2. The van der Waals surface area contributed by atoms with Crippen LogP contribution in [0.5, 0.6) is 5.75 Å². The molecule has 0 saturated carbocycles. The van der Waals surface area contributed by atoms with Crippen molar-refractivity contribution in [1.82, 2.24) is 5.32 Å². The van der Waals surface area contributed by atoms with E-state index < -0.39 is 18.6 Å². The number of benzene rings is 2. The second-order valence-corrected chi connectivity index (χ2v) is 5.04. The second kappa shape index (κ2) is 8.27. The van der Waals surface area contributed by atoms with E-state index in [0.717, 1.165) is 10.8 Å². The van der Waals surface area contributed by atoms with E-state index in [9.17, 15) is 18.7 Å². The van der Waals surface area contributed by atoms with E-state index >= 15 is 0 Å². The molecule has 0 amide bonds. The first kappa shape index (κ1) is 17.7. The van der Waals surface area contributed by atoms with E-state index in [0.29, 0.717) is 5.56 Å². The average Bonchev–Trinajstić information content (AvgIpc) is 2.55. The third kappa shape index (κ3) is 4.43. The summed E-state index contributed by atoms with van der Waals surface area (Å²) in [5.74, 6) is 4.33. The zero-order valence-corrected chi connectivity index (χ0v) is 13.1. The van der Waals surface area contributed by atoms with Crippen molar-refractivity contribution >= 4 is 16.7 Å². The zero-order valence-electron chi connectivity index (χ0n) is 13.1. The van der Waals surface area contributed by atoms with E-state index in [1.807, 2.05) is 12.1 Å². The number of hydrogen-bond acceptors (Lipinski definition) is 3. The Hall–Kier alpha value is -2.65. The summed E-state index contributed by atoms with van der Waals surface area (Å²) in [4.78, 5) is 11.3. The Morgan fingerprint density at radius 1 is 1.29 bits per heavy atom. The van der Waals surface area contributed by atoms with Crippen molar-refractivity contribution < 1.29 is 23.4 Å². The van der Waals surface area contributed by atoms with E-state index in [1.165, 1.54) is 6.07 Å². The van der Waals surface area contributed by atoms with Gasteiger partial charge in [0, 0.05) is 18.5 Å².